The molecule has 28 heavy (non-hydrogen) atoms. The van der Waals surface area contributed by atoms with E-state index >= 15 is 0 Å². The molecule has 3 rings (SSSR count). The number of hydrogen-bond acceptors (Lipinski definition) is 3. The highest BCUT2D eigenvalue weighted by Gasteiger charge is 2.35. The van der Waals surface area contributed by atoms with Crippen molar-refractivity contribution in [2.45, 2.75) is 13.0 Å². The zero-order valence-electron chi connectivity index (χ0n) is 15.4. The zero-order chi connectivity index (χ0) is 20.3. The molecule has 1 saturated heterocycles. The minimum Gasteiger partial charge on any atom is -0.352 e. The minimum absolute atomic E-state index is 0.314. The molecule has 1 fully saturated rings. The first-order valence-corrected chi connectivity index (χ1v) is 8.79. The van der Waals surface area contributed by atoms with Crippen LogP contribution in [0.3, 0.4) is 0 Å². The number of hydrogen-bond donors (Lipinski definition) is 2. The first-order chi connectivity index (χ1) is 13.4. The molecule has 2 N–H and O–H groups in total. The summed E-state index contributed by atoms with van der Waals surface area (Å²) in [6.07, 6.45) is 1.14. The Hall–Kier alpha value is -3.48. The lowest BCUT2D eigenvalue weighted by atomic mass is 9.96. The molecule has 2 aromatic rings. The molecule has 0 radical (unpaired) electrons. The first kappa shape index (κ1) is 19.3. The molecule has 144 valence electrons. The zero-order valence-corrected chi connectivity index (χ0v) is 15.4. The van der Waals surface area contributed by atoms with Crippen LogP contribution in [0.4, 0.5) is 10.1 Å². The molecule has 0 bridgehead atoms. The van der Waals surface area contributed by atoms with Crippen LogP contribution in [0.15, 0.2) is 55.1 Å². The second-order valence-electron chi connectivity index (χ2n) is 6.47. The normalized spacial score (nSPS) is 16.3. The van der Waals surface area contributed by atoms with Crippen molar-refractivity contribution in [3.8, 4) is 0 Å². The molecule has 0 aliphatic carbocycles. The van der Waals surface area contributed by atoms with Gasteiger partial charge in [0.2, 0.25) is 11.8 Å². The van der Waals surface area contributed by atoms with Crippen LogP contribution in [0.1, 0.15) is 27.5 Å². The van der Waals surface area contributed by atoms with Crippen molar-refractivity contribution in [3.05, 3.63) is 77.6 Å². The lowest BCUT2D eigenvalue weighted by Gasteiger charge is -2.36. The predicted octanol–water partition coefficient (Wildman–Crippen LogP) is 2.57. The molecule has 0 spiro atoms. The third-order valence-electron chi connectivity index (χ3n) is 4.56. The van der Waals surface area contributed by atoms with Gasteiger partial charge in [-0.2, -0.15) is 0 Å². The number of carbonyl (C=O) groups excluding carboxylic acids is 3. The van der Waals surface area contributed by atoms with Crippen molar-refractivity contribution in [2.24, 2.45) is 0 Å². The van der Waals surface area contributed by atoms with Gasteiger partial charge < -0.3 is 15.5 Å². The molecule has 1 atom stereocenters. The van der Waals surface area contributed by atoms with Crippen LogP contribution in [-0.2, 0) is 9.59 Å². The number of halogens is 1. The number of carbonyl (C=O) groups is 3. The summed E-state index contributed by atoms with van der Waals surface area (Å²) in [5.74, 6) is -1.45. The summed E-state index contributed by atoms with van der Waals surface area (Å²) in [6, 6.07) is 9.76. The van der Waals surface area contributed by atoms with Crippen LogP contribution in [0.2, 0.25) is 0 Å². The van der Waals surface area contributed by atoms with Crippen molar-refractivity contribution in [1.82, 2.24) is 10.2 Å². The number of nitrogens with one attached hydrogen (secondary N) is 2. The van der Waals surface area contributed by atoms with Crippen molar-refractivity contribution in [3.63, 3.8) is 0 Å². The molecule has 0 aromatic heterocycles. The van der Waals surface area contributed by atoms with E-state index in [0.717, 1.165) is 6.08 Å². The molecular weight excluding hydrogens is 361 g/mol. The highest BCUT2D eigenvalue weighted by molar-refractivity contribution is 6.02. The number of aryl methyl sites for hydroxylation is 1. The monoisotopic (exact) mass is 381 g/mol. The van der Waals surface area contributed by atoms with E-state index < -0.39 is 11.9 Å². The largest absolute Gasteiger partial charge is 0.352 e. The van der Waals surface area contributed by atoms with Gasteiger partial charge in [-0.3, -0.25) is 14.4 Å². The van der Waals surface area contributed by atoms with E-state index in [0.29, 0.717) is 35.5 Å². The van der Waals surface area contributed by atoms with Crippen molar-refractivity contribution in [2.75, 3.05) is 18.4 Å². The average molecular weight is 381 g/mol. The van der Waals surface area contributed by atoms with Gasteiger partial charge in [-0.15, -0.1) is 0 Å². The Labute approximate surface area is 162 Å². The van der Waals surface area contributed by atoms with Gasteiger partial charge in [-0.25, -0.2) is 4.39 Å². The molecule has 7 heteroatoms. The Kier molecular flexibility index (Phi) is 5.54. The minimum atomic E-state index is -0.853. The molecule has 6 nitrogen and oxygen atoms in total. The highest BCUT2D eigenvalue weighted by Crippen LogP contribution is 2.28. The summed E-state index contributed by atoms with van der Waals surface area (Å²) in [4.78, 5) is 38.7. The van der Waals surface area contributed by atoms with E-state index in [1.54, 1.807) is 31.2 Å². The maximum atomic E-state index is 13.5. The number of anilines is 1. The van der Waals surface area contributed by atoms with Crippen LogP contribution >= 0.6 is 0 Å². The Balaban J connectivity index is 1.94. The third-order valence-corrected chi connectivity index (χ3v) is 4.56. The van der Waals surface area contributed by atoms with E-state index in [1.165, 1.54) is 23.1 Å². The summed E-state index contributed by atoms with van der Waals surface area (Å²) in [5, 5.41) is 5.37. The van der Waals surface area contributed by atoms with E-state index in [9.17, 15) is 18.8 Å². The topological polar surface area (TPSA) is 78.5 Å². The fourth-order valence-corrected chi connectivity index (χ4v) is 3.23. The summed E-state index contributed by atoms with van der Waals surface area (Å²) >= 11 is 0. The molecule has 1 aliphatic rings. The Morgan fingerprint density at radius 2 is 2.07 bits per heavy atom. The molecule has 1 heterocycles. The van der Waals surface area contributed by atoms with Crippen LogP contribution in [0.5, 0.6) is 0 Å². The van der Waals surface area contributed by atoms with E-state index in [2.05, 4.69) is 17.2 Å². The Morgan fingerprint density at radius 1 is 1.29 bits per heavy atom. The van der Waals surface area contributed by atoms with Crippen molar-refractivity contribution >= 4 is 23.4 Å². The fourth-order valence-electron chi connectivity index (χ4n) is 3.23. The van der Waals surface area contributed by atoms with Gasteiger partial charge in [0.05, 0.1) is 0 Å². The van der Waals surface area contributed by atoms with Crippen molar-refractivity contribution < 1.29 is 18.8 Å². The standard InChI is InChI=1S/C21H20FN3O3/c1-3-18(26)24-16-6-4-5-14(12-16)21(28)25-10-9-23-20(27)19(25)17-8-7-15(22)11-13(17)2/h3-8,11-12,19H,1,9-10H2,2H3,(H,23,27)(H,24,26). The number of rotatable bonds is 4. The number of amides is 3. The summed E-state index contributed by atoms with van der Waals surface area (Å²) in [6.45, 7) is 5.74. The average Bonchev–Trinajstić information content (AvgIpc) is 2.68. The lowest BCUT2D eigenvalue weighted by Crippen LogP contribution is -2.52. The van der Waals surface area contributed by atoms with E-state index in [4.69, 9.17) is 0 Å². The number of benzene rings is 2. The smallest absolute Gasteiger partial charge is 0.254 e. The molecule has 2 aromatic carbocycles. The second kappa shape index (κ2) is 8.04. The van der Waals surface area contributed by atoms with Gasteiger partial charge in [-0.1, -0.05) is 18.7 Å². The van der Waals surface area contributed by atoms with Crippen molar-refractivity contribution in [1.29, 1.82) is 0 Å². The van der Waals surface area contributed by atoms with E-state index in [1.807, 2.05) is 0 Å². The van der Waals surface area contributed by atoms with Gasteiger partial charge in [0.15, 0.2) is 0 Å². The number of nitrogens with zero attached hydrogens (tertiary/aromatic N) is 1. The SMILES string of the molecule is C=CC(=O)Nc1cccc(C(=O)N2CCNC(=O)C2c2ccc(F)cc2C)c1. The van der Waals surface area contributed by atoms with Crippen LogP contribution in [0.25, 0.3) is 0 Å². The molecule has 1 aliphatic heterocycles. The van der Waals surface area contributed by atoms with Gasteiger partial charge in [0.1, 0.15) is 11.9 Å². The lowest BCUT2D eigenvalue weighted by molar-refractivity contribution is -0.128. The predicted molar refractivity (Wildman–Crippen MR) is 103 cm³/mol. The van der Waals surface area contributed by atoms with Gasteiger partial charge >= 0.3 is 0 Å². The van der Waals surface area contributed by atoms with Crippen LogP contribution in [0, 0.1) is 12.7 Å². The molecule has 1 unspecified atom stereocenters. The van der Waals surface area contributed by atoms with E-state index in [-0.39, 0.29) is 17.7 Å². The summed E-state index contributed by atoms with van der Waals surface area (Å²) < 4.78 is 13.5. The maximum absolute atomic E-state index is 13.5. The highest BCUT2D eigenvalue weighted by atomic mass is 19.1. The van der Waals surface area contributed by atoms with Gasteiger partial charge in [0.25, 0.3) is 5.91 Å². The summed E-state index contributed by atoms with van der Waals surface area (Å²) in [7, 11) is 0. The second-order valence-corrected chi connectivity index (χ2v) is 6.47. The Morgan fingerprint density at radius 3 is 2.79 bits per heavy atom. The van der Waals surface area contributed by atoms with Gasteiger partial charge in [0, 0.05) is 24.3 Å². The fraction of sp³-hybridized carbons (Fsp3) is 0.190. The first-order valence-electron chi connectivity index (χ1n) is 8.79. The maximum Gasteiger partial charge on any atom is 0.254 e. The summed E-state index contributed by atoms with van der Waals surface area (Å²) in [5.41, 5.74) is 1.95. The quantitative estimate of drug-likeness (QED) is 0.799. The van der Waals surface area contributed by atoms with Crippen LogP contribution in [-0.4, -0.2) is 35.7 Å². The number of piperazine rings is 1. The molecule has 0 saturated carbocycles. The molecule has 3 amide bonds. The Bertz CT molecular complexity index is 958. The van der Waals surface area contributed by atoms with Gasteiger partial charge in [-0.05, 0) is 54.5 Å². The third kappa shape index (κ3) is 3.93. The molecular formula is C21H20FN3O3. The van der Waals surface area contributed by atoms with Crippen LogP contribution < -0.4 is 10.6 Å².